The molecule has 1 heterocycles. The van der Waals surface area contributed by atoms with Gasteiger partial charge in [-0.15, -0.1) is 0 Å². The van der Waals surface area contributed by atoms with Crippen LogP contribution in [0.5, 0.6) is 0 Å². The Morgan fingerprint density at radius 2 is 1.59 bits per heavy atom. The molecule has 0 bridgehead atoms. The molecule has 2 aromatic carbocycles. The van der Waals surface area contributed by atoms with Crippen LogP contribution in [0.4, 0.5) is 0 Å². The number of sulfone groups is 1. The van der Waals surface area contributed by atoms with Crippen LogP contribution in [0.25, 0.3) is 0 Å². The molecule has 0 amide bonds. The van der Waals surface area contributed by atoms with Gasteiger partial charge in [0.05, 0.1) is 17.4 Å². The maximum absolute atomic E-state index is 12.1. The van der Waals surface area contributed by atoms with Crippen LogP contribution in [0.2, 0.25) is 0 Å². The van der Waals surface area contributed by atoms with Gasteiger partial charge in [-0.1, -0.05) is 42.5 Å². The predicted octanol–water partition coefficient (Wildman–Crippen LogP) is 2.51. The molecule has 0 radical (unpaired) electrons. The van der Waals surface area contributed by atoms with Crippen molar-refractivity contribution in [1.82, 2.24) is 0 Å². The van der Waals surface area contributed by atoms with Gasteiger partial charge in [0.25, 0.3) is 0 Å². The van der Waals surface area contributed by atoms with Crippen molar-refractivity contribution in [1.29, 1.82) is 0 Å². The van der Waals surface area contributed by atoms with Gasteiger partial charge in [-0.05, 0) is 23.3 Å². The average Bonchev–Trinajstić information content (AvgIpc) is 2.89. The molecule has 0 N–H and O–H groups in total. The summed E-state index contributed by atoms with van der Waals surface area (Å²) in [6.07, 6.45) is 1.18. The molecule has 4 nitrogen and oxygen atoms in total. The number of rotatable bonds is 3. The minimum atomic E-state index is -3.22. The summed E-state index contributed by atoms with van der Waals surface area (Å²) in [4.78, 5) is 12.3. The largest absolute Gasteiger partial charge is 0.465 e. The number of hydrogen-bond donors (Lipinski definition) is 0. The Morgan fingerprint density at radius 1 is 0.955 bits per heavy atom. The number of carbonyl (C=O) groups excluding carboxylic acids is 1. The first kappa shape index (κ1) is 14.8. The lowest BCUT2D eigenvalue weighted by molar-refractivity contribution is -0.139. The molecule has 2 atom stereocenters. The maximum atomic E-state index is 12.1. The highest BCUT2D eigenvalue weighted by atomic mass is 32.2. The Morgan fingerprint density at radius 3 is 2.18 bits per heavy atom. The molecule has 5 heteroatoms. The van der Waals surface area contributed by atoms with E-state index in [4.69, 9.17) is 4.74 Å². The highest BCUT2D eigenvalue weighted by Crippen LogP contribution is 2.39. The number of cyclic esters (lactones) is 1. The van der Waals surface area contributed by atoms with Crippen molar-refractivity contribution in [2.24, 2.45) is 0 Å². The summed E-state index contributed by atoms with van der Waals surface area (Å²) in [7, 11) is -3.22. The molecule has 1 saturated heterocycles. The van der Waals surface area contributed by atoms with Crippen LogP contribution >= 0.6 is 0 Å². The van der Waals surface area contributed by atoms with E-state index in [1.54, 1.807) is 24.3 Å². The summed E-state index contributed by atoms with van der Waals surface area (Å²) in [5, 5.41) is 0. The second kappa shape index (κ2) is 5.57. The first-order valence-electron chi connectivity index (χ1n) is 6.98. The Hall–Kier alpha value is -2.14. The molecule has 2 aromatic rings. The van der Waals surface area contributed by atoms with Crippen LogP contribution in [0, 0.1) is 0 Å². The molecule has 22 heavy (non-hydrogen) atoms. The van der Waals surface area contributed by atoms with Crippen LogP contribution < -0.4 is 0 Å². The van der Waals surface area contributed by atoms with E-state index in [0.29, 0.717) is 6.61 Å². The molecule has 0 aliphatic carbocycles. The van der Waals surface area contributed by atoms with Crippen LogP contribution in [0.3, 0.4) is 0 Å². The van der Waals surface area contributed by atoms with E-state index in [0.717, 1.165) is 11.1 Å². The van der Waals surface area contributed by atoms with Crippen molar-refractivity contribution in [3.05, 3.63) is 65.7 Å². The third kappa shape index (κ3) is 2.76. The van der Waals surface area contributed by atoms with E-state index < -0.39 is 9.84 Å². The molecule has 0 unspecified atom stereocenters. The second-order valence-electron chi connectivity index (χ2n) is 5.47. The molecule has 1 aliphatic rings. The van der Waals surface area contributed by atoms with Crippen molar-refractivity contribution >= 4 is 15.8 Å². The zero-order valence-electron chi connectivity index (χ0n) is 12.1. The SMILES string of the molecule is CS(=O)(=O)c1ccc([C@@H]2COC(=O)[C@H]2c2ccccc2)cc1. The number of esters is 1. The maximum Gasteiger partial charge on any atom is 0.314 e. The van der Waals surface area contributed by atoms with Crippen molar-refractivity contribution in [3.63, 3.8) is 0 Å². The Kier molecular flexibility index (Phi) is 3.74. The lowest BCUT2D eigenvalue weighted by Crippen LogP contribution is -2.12. The van der Waals surface area contributed by atoms with Gasteiger partial charge in [-0.3, -0.25) is 4.79 Å². The van der Waals surface area contributed by atoms with Gasteiger partial charge in [0, 0.05) is 12.2 Å². The monoisotopic (exact) mass is 316 g/mol. The molecular weight excluding hydrogens is 300 g/mol. The Balaban J connectivity index is 1.95. The summed E-state index contributed by atoms with van der Waals surface area (Å²) in [5.74, 6) is -0.669. The normalized spacial score (nSPS) is 21.6. The summed E-state index contributed by atoms with van der Waals surface area (Å²) in [5.41, 5.74) is 1.83. The van der Waals surface area contributed by atoms with Crippen molar-refractivity contribution in [2.75, 3.05) is 12.9 Å². The van der Waals surface area contributed by atoms with Crippen LogP contribution in [0.15, 0.2) is 59.5 Å². The molecule has 114 valence electrons. The smallest absolute Gasteiger partial charge is 0.314 e. The number of benzene rings is 2. The van der Waals surface area contributed by atoms with Crippen LogP contribution in [-0.2, 0) is 19.4 Å². The molecule has 0 spiro atoms. The van der Waals surface area contributed by atoms with Crippen molar-refractivity contribution in [3.8, 4) is 0 Å². The lowest BCUT2D eigenvalue weighted by Gasteiger charge is -2.16. The molecule has 3 rings (SSSR count). The van der Waals surface area contributed by atoms with E-state index in [1.165, 1.54) is 6.26 Å². The first-order chi connectivity index (χ1) is 10.5. The molecule has 0 aromatic heterocycles. The van der Waals surface area contributed by atoms with Gasteiger partial charge in [0.1, 0.15) is 0 Å². The van der Waals surface area contributed by atoms with E-state index in [1.807, 2.05) is 30.3 Å². The number of carbonyl (C=O) groups is 1. The van der Waals surface area contributed by atoms with Crippen LogP contribution in [0.1, 0.15) is 23.0 Å². The highest BCUT2D eigenvalue weighted by Gasteiger charge is 2.38. The fourth-order valence-corrected chi connectivity index (χ4v) is 3.43. The van der Waals surface area contributed by atoms with Gasteiger partial charge in [-0.25, -0.2) is 8.42 Å². The summed E-state index contributed by atoms with van der Waals surface area (Å²) in [6.45, 7) is 0.316. The highest BCUT2D eigenvalue weighted by molar-refractivity contribution is 7.90. The molecule has 1 fully saturated rings. The predicted molar refractivity (Wildman–Crippen MR) is 82.4 cm³/mol. The third-order valence-corrected chi connectivity index (χ3v) is 5.09. The minimum absolute atomic E-state index is 0.0940. The fourth-order valence-electron chi connectivity index (χ4n) is 2.80. The van der Waals surface area contributed by atoms with Gasteiger partial charge in [0.2, 0.25) is 0 Å². The fraction of sp³-hybridized carbons (Fsp3) is 0.235. The lowest BCUT2D eigenvalue weighted by atomic mass is 9.84. The van der Waals surface area contributed by atoms with E-state index >= 15 is 0 Å². The third-order valence-electron chi connectivity index (χ3n) is 3.96. The van der Waals surface area contributed by atoms with Gasteiger partial charge in [0.15, 0.2) is 9.84 Å². The standard InChI is InChI=1S/C17H16O4S/c1-22(19,20)14-9-7-12(8-10-14)15-11-21-17(18)16(15)13-5-3-2-4-6-13/h2-10,15-16H,11H2,1H3/t15-,16-/m0/s1. The number of ether oxygens (including phenoxy) is 1. The Labute approximate surface area is 129 Å². The van der Waals surface area contributed by atoms with Crippen molar-refractivity contribution < 1.29 is 17.9 Å². The topological polar surface area (TPSA) is 60.4 Å². The van der Waals surface area contributed by atoms with Crippen LogP contribution in [-0.4, -0.2) is 27.2 Å². The quantitative estimate of drug-likeness (QED) is 0.816. The van der Waals surface area contributed by atoms with E-state index in [2.05, 4.69) is 0 Å². The summed E-state index contributed by atoms with van der Waals surface area (Å²) in [6, 6.07) is 16.2. The summed E-state index contributed by atoms with van der Waals surface area (Å²) < 4.78 is 28.3. The van der Waals surface area contributed by atoms with Gasteiger partial charge in [-0.2, -0.15) is 0 Å². The Bertz CT molecular complexity index is 779. The molecule has 1 aliphatic heterocycles. The van der Waals surface area contributed by atoms with Gasteiger partial charge < -0.3 is 4.74 Å². The van der Waals surface area contributed by atoms with Gasteiger partial charge >= 0.3 is 5.97 Å². The zero-order chi connectivity index (χ0) is 15.7. The van der Waals surface area contributed by atoms with E-state index in [9.17, 15) is 13.2 Å². The second-order valence-corrected chi connectivity index (χ2v) is 7.48. The first-order valence-corrected chi connectivity index (χ1v) is 8.87. The average molecular weight is 316 g/mol. The van der Waals surface area contributed by atoms with Crippen molar-refractivity contribution in [2.45, 2.75) is 16.7 Å². The molecular formula is C17H16O4S. The van der Waals surface area contributed by atoms with E-state index in [-0.39, 0.29) is 22.7 Å². The molecule has 0 saturated carbocycles. The number of hydrogen-bond acceptors (Lipinski definition) is 4. The zero-order valence-corrected chi connectivity index (χ0v) is 12.9. The minimum Gasteiger partial charge on any atom is -0.465 e. The summed E-state index contributed by atoms with van der Waals surface area (Å²) >= 11 is 0.